The highest BCUT2D eigenvalue weighted by molar-refractivity contribution is 6.39. The quantitative estimate of drug-likeness (QED) is 0.488. The summed E-state index contributed by atoms with van der Waals surface area (Å²) in [5, 5.41) is 17.9. The Hall–Kier alpha value is -1.99. The van der Waals surface area contributed by atoms with Gasteiger partial charge in [0.2, 0.25) is 0 Å². The van der Waals surface area contributed by atoms with Crippen molar-refractivity contribution >= 4 is 41.1 Å². The molecule has 4 N–H and O–H groups in total. The number of rotatable bonds is 7. The molecule has 31 heavy (non-hydrogen) atoms. The van der Waals surface area contributed by atoms with E-state index in [0.29, 0.717) is 17.3 Å². The van der Waals surface area contributed by atoms with Crippen LogP contribution in [0.3, 0.4) is 0 Å². The molecule has 0 spiro atoms. The van der Waals surface area contributed by atoms with Crippen molar-refractivity contribution in [3.8, 4) is 0 Å². The molecule has 4 unspecified atom stereocenters. The largest absolute Gasteiger partial charge is 0.480 e. The zero-order chi connectivity index (χ0) is 22.4. The van der Waals surface area contributed by atoms with Gasteiger partial charge in [0.25, 0.3) is 5.91 Å². The van der Waals surface area contributed by atoms with Gasteiger partial charge in [-0.05, 0) is 61.5 Å². The number of carboxylic acid groups (broad SMARTS) is 1. The van der Waals surface area contributed by atoms with E-state index in [9.17, 15) is 19.5 Å². The molecule has 9 heteroatoms. The predicted molar refractivity (Wildman–Crippen MR) is 117 cm³/mol. The first-order valence-corrected chi connectivity index (χ1v) is 11.5. The van der Waals surface area contributed by atoms with Gasteiger partial charge in [0.05, 0.1) is 22.2 Å². The number of amides is 3. The minimum absolute atomic E-state index is 0.00344. The highest BCUT2D eigenvalue weighted by atomic mass is 35.5. The second-order valence-corrected chi connectivity index (χ2v) is 10.2. The number of halogens is 2. The fourth-order valence-corrected chi connectivity index (χ4v) is 6.97. The minimum atomic E-state index is -1.32. The van der Waals surface area contributed by atoms with E-state index in [1.165, 1.54) is 25.0 Å². The molecular formula is C22H27Cl2N3O4. The summed E-state index contributed by atoms with van der Waals surface area (Å²) in [5.74, 6) is -0.637. The van der Waals surface area contributed by atoms with Gasteiger partial charge >= 0.3 is 12.0 Å². The van der Waals surface area contributed by atoms with Gasteiger partial charge in [-0.25, -0.2) is 9.59 Å². The number of carbonyl (C=O) groups is 3. The fourth-order valence-electron chi connectivity index (χ4n) is 6.40. The smallest absolute Gasteiger partial charge is 0.328 e. The van der Waals surface area contributed by atoms with E-state index in [4.69, 9.17) is 23.2 Å². The van der Waals surface area contributed by atoms with E-state index in [-0.39, 0.29) is 27.7 Å². The van der Waals surface area contributed by atoms with E-state index < -0.39 is 23.9 Å². The summed E-state index contributed by atoms with van der Waals surface area (Å²) in [7, 11) is 0. The first-order chi connectivity index (χ1) is 14.7. The van der Waals surface area contributed by atoms with Gasteiger partial charge in [-0.2, -0.15) is 0 Å². The Kier molecular flexibility index (Phi) is 5.85. The van der Waals surface area contributed by atoms with Crippen molar-refractivity contribution in [1.82, 2.24) is 16.0 Å². The van der Waals surface area contributed by atoms with Gasteiger partial charge in [-0.1, -0.05) is 42.6 Å². The number of aliphatic carboxylic acids is 1. The summed E-state index contributed by atoms with van der Waals surface area (Å²) in [6.07, 6.45) is 6.64. The molecule has 0 heterocycles. The molecule has 3 amide bonds. The average molecular weight is 468 g/mol. The molecule has 0 saturated heterocycles. The summed E-state index contributed by atoms with van der Waals surface area (Å²) in [6, 6.07) is 2.86. The lowest BCUT2D eigenvalue weighted by Crippen LogP contribution is -2.56. The van der Waals surface area contributed by atoms with Crippen LogP contribution in [0.4, 0.5) is 4.79 Å². The third kappa shape index (κ3) is 4.10. The number of carbonyl (C=O) groups excluding carboxylic acids is 2. The van der Waals surface area contributed by atoms with E-state index in [1.807, 2.05) is 0 Å². The lowest BCUT2D eigenvalue weighted by molar-refractivity contribution is -0.139. The molecule has 7 nitrogen and oxygen atoms in total. The number of carboxylic acids is 1. The van der Waals surface area contributed by atoms with Crippen LogP contribution in [0.2, 0.25) is 10.0 Å². The fraction of sp³-hybridized carbons (Fsp3) is 0.591. The molecule has 4 saturated carbocycles. The van der Waals surface area contributed by atoms with Crippen molar-refractivity contribution in [2.45, 2.75) is 57.0 Å². The molecule has 4 fully saturated rings. The molecule has 5 rings (SSSR count). The van der Waals surface area contributed by atoms with Crippen LogP contribution < -0.4 is 16.0 Å². The van der Waals surface area contributed by atoms with Crippen LogP contribution in [-0.2, 0) is 4.79 Å². The maximum Gasteiger partial charge on any atom is 0.328 e. The topological polar surface area (TPSA) is 108 Å². The van der Waals surface area contributed by atoms with E-state index >= 15 is 0 Å². The maximum absolute atomic E-state index is 12.6. The van der Waals surface area contributed by atoms with Crippen LogP contribution in [0, 0.1) is 17.3 Å². The predicted octanol–water partition coefficient (Wildman–Crippen LogP) is 3.83. The third-order valence-corrected chi connectivity index (χ3v) is 8.16. The Balaban J connectivity index is 1.35. The van der Waals surface area contributed by atoms with Crippen LogP contribution in [0.25, 0.3) is 0 Å². The van der Waals surface area contributed by atoms with Crippen LogP contribution in [0.1, 0.15) is 55.8 Å². The number of hydrogen-bond donors (Lipinski definition) is 4. The first kappa shape index (κ1) is 22.2. The second-order valence-electron chi connectivity index (χ2n) is 9.38. The summed E-state index contributed by atoms with van der Waals surface area (Å²) in [4.78, 5) is 36.8. The summed E-state index contributed by atoms with van der Waals surface area (Å²) in [5.41, 5.74) is 0.157. The monoisotopic (exact) mass is 467 g/mol. The van der Waals surface area contributed by atoms with Gasteiger partial charge in [0.1, 0.15) is 6.04 Å². The normalized spacial score (nSPS) is 31.3. The Bertz CT molecular complexity index is 906. The van der Waals surface area contributed by atoms with E-state index in [2.05, 4.69) is 22.9 Å². The van der Waals surface area contributed by atoms with Gasteiger partial charge in [-0.15, -0.1) is 0 Å². The van der Waals surface area contributed by atoms with Crippen molar-refractivity contribution in [1.29, 1.82) is 0 Å². The molecule has 1 aromatic rings. The van der Waals surface area contributed by atoms with Gasteiger partial charge in [0, 0.05) is 5.54 Å². The molecule has 168 valence electrons. The number of hydrogen-bond acceptors (Lipinski definition) is 3. The SMILES string of the molecule is CCC12CC3CC1CC(NC(=O)NC[C@H](NC(=O)c1c(Cl)cccc1Cl)C(=O)O)(C3)C2. The van der Waals surface area contributed by atoms with Crippen LogP contribution in [-0.4, -0.2) is 41.1 Å². The Labute approximate surface area is 191 Å². The summed E-state index contributed by atoms with van der Waals surface area (Å²) in [6.45, 7) is 1.99. The summed E-state index contributed by atoms with van der Waals surface area (Å²) < 4.78 is 0. The summed E-state index contributed by atoms with van der Waals surface area (Å²) >= 11 is 12.0. The van der Waals surface area contributed by atoms with E-state index in [1.54, 1.807) is 6.07 Å². The maximum atomic E-state index is 12.6. The molecule has 4 aliphatic rings. The molecular weight excluding hydrogens is 441 g/mol. The standard InChI is InChI=1S/C22H27Cl2N3O4/c1-2-21-7-12-6-13(21)9-22(8-12,11-21)27-20(31)25-10-16(19(29)30)26-18(28)17-14(23)4-3-5-15(17)24/h3-5,12-13,16H,2,6-11H2,1H3,(H,26,28)(H,29,30)(H2,25,27,31)/t12?,13?,16-,21?,22?/m0/s1. The van der Waals surface area contributed by atoms with Crippen LogP contribution in [0.15, 0.2) is 18.2 Å². The molecule has 1 aromatic carbocycles. The first-order valence-electron chi connectivity index (χ1n) is 10.7. The highest BCUT2D eigenvalue weighted by Gasteiger charge is 2.63. The zero-order valence-electron chi connectivity index (χ0n) is 17.3. The third-order valence-electron chi connectivity index (χ3n) is 7.53. The molecule has 0 aliphatic heterocycles. The lowest BCUT2D eigenvalue weighted by Gasteiger charge is -2.41. The number of benzene rings is 1. The Morgan fingerprint density at radius 2 is 1.90 bits per heavy atom. The molecule has 0 aromatic heterocycles. The van der Waals surface area contributed by atoms with Crippen molar-refractivity contribution in [3.63, 3.8) is 0 Å². The highest BCUT2D eigenvalue weighted by Crippen LogP contribution is 2.68. The lowest BCUT2D eigenvalue weighted by atomic mass is 9.71. The van der Waals surface area contributed by atoms with Crippen LogP contribution in [0.5, 0.6) is 0 Å². The van der Waals surface area contributed by atoms with Crippen molar-refractivity contribution in [3.05, 3.63) is 33.8 Å². The van der Waals surface area contributed by atoms with E-state index in [0.717, 1.165) is 25.7 Å². The van der Waals surface area contributed by atoms with Crippen LogP contribution >= 0.6 is 23.2 Å². The molecule has 4 aliphatic carbocycles. The molecule has 4 bridgehead atoms. The van der Waals surface area contributed by atoms with Gasteiger partial charge in [-0.3, -0.25) is 4.79 Å². The van der Waals surface area contributed by atoms with Crippen molar-refractivity contribution < 1.29 is 19.5 Å². The van der Waals surface area contributed by atoms with Crippen molar-refractivity contribution in [2.24, 2.45) is 17.3 Å². The molecule has 0 radical (unpaired) electrons. The Morgan fingerprint density at radius 1 is 1.19 bits per heavy atom. The Morgan fingerprint density at radius 3 is 2.52 bits per heavy atom. The van der Waals surface area contributed by atoms with Gasteiger partial charge in [0.15, 0.2) is 0 Å². The number of urea groups is 1. The number of nitrogens with one attached hydrogen (secondary N) is 3. The second kappa shape index (κ2) is 8.17. The molecule has 5 atom stereocenters. The average Bonchev–Trinajstić information content (AvgIpc) is 3.06. The van der Waals surface area contributed by atoms with Crippen molar-refractivity contribution in [2.75, 3.05) is 6.54 Å². The zero-order valence-corrected chi connectivity index (χ0v) is 18.9. The minimum Gasteiger partial charge on any atom is -0.480 e. The van der Waals surface area contributed by atoms with Gasteiger partial charge < -0.3 is 21.1 Å².